The number of ketones is 1. The Labute approximate surface area is 176 Å². The summed E-state index contributed by atoms with van der Waals surface area (Å²) in [5.41, 5.74) is 0.974. The number of carbonyl (C=O) groups is 1. The lowest BCUT2D eigenvalue weighted by Crippen LogP contribution is -2.52. The van der Waals surface area contributed by atoms with Gasteiger partial charge in [-0.25, -0.2) is 8.42 Å². The van der Waals surface area contributed by atoms with Crippen LogP contribution >= 0.6 is 0 Å². The molecule has 2 aromatic carbocycles. The van der Waals surface area contributed by atoms with Crippen molar-refractivity contribution in [2.75, 3.05) is 27.3 Å². The molecule has 0 bridgehead atoms. The molecule has 8 heteroatoms. The van der Waals surface area contributed by atoms with Gasteiger partial charge in [-0.3, -0.25) is 4.79 Å². The highest BCUT2D eigenvalue weighted by Gasteiger charge is 2.45. The lowest BCUT2D eigenvalue weighted by molar-refractivity contribution is 0.00589. The van der Waals surface area contributed by atoms with Crippen LogP contribution in [0.4, 0.5) is 0 Å². The van der Waals surface area contributed by atoms with Crippen molar-refractivity contribution in [1.29, 1.82) is 0 Å². The fourth-order valence-corrected chi connectivity index (χ4v) is 5.60. The van der Waals surface area contributed by atoms with Gasteiger partial charge < -0.3 is 14.2 Å². The molecule has 4 rings (SSSR count). The maximum atomic E-state index is 13.1. The summed E-state index contributed by atoms with van der Waals surface area (Å²) in [7, 11) is -0.728. The Morgan fingerprint density at radius 1 is 1.00 bits per heavy atom. The van der Waals surface area contributed by atoms with Crippen molar-refractivity contribution < 1.29 is 27.4 Å². The Hall–Kier alpha value is -2.58. The Morgan fingerprint density at radius 2 is 1.70 bits per heavy atom. The van der Waals surface area contributed by atoms with Crippen molar-refractivity contribution in [3.63, 3.8) is 0 Å². The summed E-state index contributed by atoms with van der Waals surface area (Å²) in [6, 6.07) is 10.2. The summed E-state index contributed by atoms with van der Waals surface area (Å²) >= 11 is 0. The molecule has 2 aromatic rings. The van der Waals surface area contributed by atoms with E-state index in [1.165, 1.54) is 30.7 Å². The average Bonchev–Trinajstić information content (AvgIpc) is 2.74. The SMILES string of the molecule is COc1ccc(S(=O)(=O)N2CCC3(CC2)CC(=O)c2cc(C)ccc2O3)cc1OC. The Morgan fingerprint density at radius 3 is 2.37 bits per heavy atom. The third-order valence-corrected chi connectivity index (χ3v) is 7.77. The summed E-state index contributed by atoms with van der Waals surface area (Å²) < 4.78 is 44.4. The number of hydrogen-bond acceptors (Lipinski definition) is 6. The predicted molar refractivity (Wildman–Crippen MR) is 111 cm³/mol. The first kappa shape index (κ1) is 20.7. The van der Waals surface area contributed by atoms with E-state index in [1.807, 2.05) is 25.1 Å². The molecule has 1 saturated heterocycles. The molecule has 0 aromatic heterocycles. The maximum Gasteiger partial charge on any atom is 0.243 e. The Bertz CT molecular complexity index is 1090. The topological polar surface area (TPSA) is 82.1 Å². The highest BCUT2D eigenvalue weighted by molar-refractivity contribution is 7.89. The zero-order chi connectivity index (χ0) is 21.5. The molecular weight excluding hydrogens is 406 g/mol. The van der Waals surface area contributed by atoms with Gasteiger partial charge in [0.15, 0.2) is 17.3 Å². The number of sulfonamides is 1. The van der Waals surface area contributed by atoms with Gasteiger partial charge in [0.05, 0.1) is 31.1 Å². The smallest absolute Gasteiger partial charge is 0.243 e. The van der Waals surface area contributed by atoms with Crippen LogP contribution in [0.2, 0.25) is 0 Å². The summed E-state index contributed by atoms with van der Waals surface area (Å²) in [6.07, 6.45) is 1.19. The van der Waals surface area contributed by atoms with E-state index in [0.29, 0.717) is 35.7 Å². The van der Waals surface area contributed by atoms with E-state index < -0.39 is 15.6 Å². The molecule has 0 atom stereocenters. The molecule has 30 heavy (non-hydrogen) atoms. The number of methoxy groups -OCH3 is 2. The van der Waals surface area contributed by atoms with Crippen LogP contribution in [0.15, 0.2) is 41.3 Å². The van der Waals surface area contributed by atoms with E-state index >= 15 is 0 Å². The van der Waals surface area contributed by atoms with Gasteiger partial charge in [0, 0.05) is 32.0 Å². The molecule has 0 amide bonds. The van der Waals surface area contributed by atoms with Crippen LogP contribution in [0, 0.1) is 6.92 Å². The number of benzene rings is 2. The minimum atomic E-state index is -3.70. The number of hydrogen-bond donors (Lipinski definition) is 0. The predicted octanol–water partition coefficient (Wildman–Crippen LogP) is 3.20. The fraction of sp³-hybridized carbons (Fsp3) is 0.409. The van der Waals surface area contributed by atoms with Gasteiger partial charge in [-0.05, 0) is 31.2 Å². The molecule has 0 saturated carbocycles. The summed E-state index contributed by atoms with van der Waals surface area (Å²) in [5.74, 6) is 1.47. The van der Waals surface area contributed by atoms with Crippen LogP contribution in [0.25, 0.3) is 0 Å². The van der Waals surface area contributed by atoms with E-state index in [0.717, 1.165) is 5.56 Å². The third-order valence-electron chi connectivity index (χ3n) is 5.87. The third kappa shape index (κ3) is 3.54. The summed E-state index contributed by atoms with van der Waals surface area (Å²) in [4.78, 5) is 12.9. The van der Waals surface area contributed by atoms with E-state index in [4.69, 9.17) is 14.2 Å². The molecule has 2 aliphatic rings. The molecule has 1 fully saturated rings. The Balaban J connectivity index is 1.53. The quantitative estimate of drug-likeness (QED) is 0.739. The van der Waals surface area contributed by atoms with Crippen LogP contribution < -0.4 is 14.2 Å². The number of piperidine rings is 1. The normalized spacial score (nSPS) is 18.6. The van der Waals surface area contributed by atoms with Gasteiger partial charge in [0.1, 0.15) is 11.4 Å². The van der Waals surface area contributed by atoms with Crippen molar-refractivity contribution in [2.24, 2.45) is 0 Å². The second kappa shape index (κ2) is 7.59. The zero-order valence-electron chi connectivity index (χ0n) is 17.3. The van der Waals surface area contributed by atoms with Crippen molar-refractivity contribution in [1.82, 2.24) is 4.31 Å². The standard InChI is InChI=1S/C22H25NO6S/c1-15-4-6-19-17(12-15)18(24)14-22(29-19)8-10-23(11-9-22)30(25,26)16-5-7-20(27-2)21(13-16)28-3/h4-7,12-13H,8-11,14H2,1-3H3. The van der Waals surface area contributed by atoms with Crippen molar-refractivity contribution >= 4 is 15.8 Å². The van der Waals surface area contributed by atoms with E-state index in [9.17, 15) is 13.2 Å². The lowest BCUT2D eigenvalue weighted by atomic mass is 9.83. The molecule has 1 spiro atoms. The number of carbonyl (C=O) groups excluding carboxylic acids is 1. The van der Waals surface area contributed by atoms with Crippen LogP contribution in [0.1, 0.15) is 35.2 Å². The van der Waals surface area contributed by atoms with Crippen LogP contribution in [0.5, 0.6) is 17.2 Å². The maximum absolute atomic E-state index is 13.1. The van der Waals surface area contributed by atoms with E-state index in [-0.39, 0.29) is 30.2 Å². The first-order chi connectivity index (χ1) is 14.3. The first-order valence-corrected chi connectivity index (χ1v) is 11.3. The minimum Gasteiger partial charge on any atom is -0.493 e. The van der Waals surface area contributed by atoms with E-state index in [1.54, 1.807) is 6.07 Å². The number of Topliss-reactive ketones (excluding diaryl/α,β-unsaturated/α-hetero) is 1. The second-order valence-electron chi connectivity index (χ2n) is 7.81. The van der Waals surface area contributed by atoms with Crippen molar-refractivity contribution in [3.8, 4) is 17.2 Å². The van der Waals surface area contributed by atoms with Crippen LogP contribution in [-0.2, 0) is 10.0 Å². The average molecular weight is 432 g/mol. The number of rotatable bonds is 4. The summed E-state index contributed by atoms with van der Waals surface area (Å²) in [6.45, 7) is 2.51. The molecular formula is C22H25NO6S. The Kier molecular flexibility index (Phi) is 5.23. The van der Waals surface area contributed by atoms with Crippen LogP contribution in [0.3, 0.4) is 0 Å². The number of fused-ring (bicyclic) bond motifs is 1. The zero-order valence-corrected chi connectivity index (χ0v) is 18.1. The van der Waals surface area contributed by atoms with Gasteiger partial charge in [-0.15, -0.1) is 0 Å². The monoisotopic (exact) mass is 431 g/mol. The van der Waals surface area contributed by atoms with Crippen molar-refractivity contribution in [2.45, 2.75) is 36.7 Å². The highest BCUT2D eigenvalue weighted by Crippen LogP contribution is 2.41. The molecule has 0 N–H and O–H groups in total. The van der Waals surface area contributed by atoms with Gasteiger partial charge >= 0.3 is 0 Å². The van der Waals surface area contributed by atoms with Gasteiger partial charge in [0.25, 0.3) is 0 Å². The van der Waals surface area contributed by atoms with Gasteiger partial charge in [0.2, 0.25) is 10.0 Å². The molecule has 160 valence electrons. The van der Waals surface area contributed by atoms with Crippen LogP contribution in [-0.4, -0.2) is 51.4 Å². The first-order valence-electron chi connectivity index (χ1n) is 9.83. The number of nitrogens with zero attached hydrogens (tertiary/aromatic N) is 1. The fourth-order valence-electron chi connectivity index (χ4n) is 4.15. The van der Waals surface area contributed by atoms with Crippen molar-refractivity contribution in [3.05, 3.63) is 47.5 Å². The molecule has 2 aliphatic heterocycles. The highest BCUT2D eigenvalue weighted by atomic mass is 32.2. The second-order valence-corrected chi connectivity index (χ2v) is 9.74. The van der Waals surface area contributed by atoms with E-state index in [2.05, 4.69) is 0 Å². The lowest BCUT2D eigenvalue weighted by Gasteiger charge is -2.43. The molecule has 7 nitrogen and oxygen atoms in total. The molecule has 2 heterocycles. The minimum absolute atomic E-state index is 0.0520. The summed E-state index contributed by atoms with van der Waals surface area (Å²) in [5, 5.41) is 0. The number of ether oxygens (including phenoxy) is 3. The molecule has 0 aliphatic carbocycles. The largest absolute Gasteiger partial charge is 0.493 e. The molecule has 0 radical (unpaired) electrons. The van der Waals surface area contributed by atoms with Gasteiger partial charge in [-0.1, -0.05) is 11.6 Å². The number of aryl methyl sites for hydroxylation is 1. The molecule has 0 unspecified atom stereocenters. The van der Waals surface area contributed by atoms with Gasteiger partial charge in [-0.2, -0.15) is 4.31 Å².